The smallest absolute Gasteiger partial charge is 0.243 e. The van der Waals surface area contributed by atoms with Crippen LogP contribution in [0.5, 0.6) is 0 Å². The van der Waals surface area contributed by atoms with Gasteiger partial charge in [-0.2, -0.15) is 15.1 Å². The normalized spacial score (nSPS) is 23.6. The molecule has 0 spiro atoms. The number of hydrogen-bond donors (Lipinski definition) is 4. The number of nitrogens with zero attached hydrogens (tertiary/aromatic N) is 5. The van der Waals surface area contributed by atoms with Crippen molar-refractivity contribution in [2.45, 2.75) is 56.5 Å². The second-order valence-corrected chi connectivity index (χ2v) is 9.09. The van der Waals surface area contributed by atoms with E-state index in [1.807, 2.05) is 27.6 Å². The van der Waals surface area contributed by atoms with Crippen molar-refractivity contribution in [3.8, 4) is 0 Å². The van der Waals surface area contributed by atoms with Crippen molar-refractivity contribution in [3.63, 3.8) is 0 Å². The minimum Gasteiger partial charge on any atom is -0.350 e. The number of carbonyl (C=O) groups is 1. The van der Waals surface area contributed by atoms with Crippen molar-refractivity contribution in [1.29, 1.82) is 0 Å². The number of rotatable bonds is 6. The first-order valence-corrected chi connectivity index (χ1v) is 11.7. The fraction of sp³-hybridized carbons (Fsp3) is 0.545. The molecule has 32 heavy (non-hydrogen) atoms. The fourth-order valence-electron chi connectivity index (χ4n) is 4.80. The predicted octanol–water partition coefficient (Wildman–Crippen LogP) is 1.91. The van der Waals surface area contributed by atoms with Crippen molar-refractivity contribution in [3.05, 3.63) is 30.1 Å². The average molecular weight is 436 g/mol. The van der Waals surface area contributed by atoms with Gasteiger partial charge in [0.15, 0.2) is 5.82 Å². The highest BCUT2D eigenvalue weighted by atomic mass is 16.2. The minimum absolute atomic E-state index is 0.0749. The molecule has 2 atom stereocenters. The summed E-state index contributed by atoms with van der Waals surface area (Å²) in [5.74, 6) is 2.65. The number of fused-ring (bicyclic) bond motifs is 1. The molecule has 6 rings (SSSR count). The van der Waals surface area contributed by atoms with Crippen LogP contribution in [0.1, 0.15) is 50.1 Å². The van der Waals surface area contributed by atoms with Gasteiger partial charge in [0.2, 0.25) is 17.8 Å². The first-order chi connectivity index (χ1) is 15.7. The third-order valence-corrected chi connectivity index (χ3v) is 6.69. The van der Waals surface area contributed by atoms with Gasteiger partial charge in [0.25, 0.3) is 0 Å². The van der Waals surface area contributed by atoms with Gasteiger partial charge in [0.05, 0.1) is 0 Å². The van der Waals surface area contributed by atoms with Crippen molar-refractivity contribution in [2.24, 2.45) is 0 Å². The standard InChI is InChI=1S/C22H29N9O/c32-20(24-15-4-1-9-23-13-15)17-5-2-10-30(17)22-26-19-6-3-11-31(19)21(27-22)25-18-12-16(28-29-18)14-7-8-14/h3,6,11-12,14-15,17,23H,1-2,4-5,7-10,13H2,(H,24,32)(H2,25,26,27,28,29)/t15-,17+/m1/s1. The van der Waals surface area contributed by atoms with Gasteiger partial charge < -0.3 is 20.9 Å². The van der Waals surface area contributed by atoms with Crippen LogP contribution < -0.4 is 20.9 Å². The highest BCUT2D eigenvalue weighted by molar-refractivity contribution is 5.85. The number of hydrogen-bond acceptors (Lipinski definition) is 7. The summed E-state index contributed by atoms with van der Waals surface area (Å²) in [5, 5.41) is 17.5. The van der Waals surface area contributed by atoms with Crippen LogP contribution in [0.3, 0.4) is 0 Å². The van der Waals surface area contributed by atoms with Crippen molar-refractivity contribution < 1.29 is 4.79 Å². The summed E-state index contributed by atoms with van der Waals surface area (Å²) in [7, 11) is 0. The van der Waals surface area contributed by atoms with Crippen LogP contribution in [0.4, 0.5) is 17.7 Å². The number of nitrogens with one attached hydrogen (secondary N) is 4. The lowest BCUT2D eigenvalue weighted by Crippen LogP contribution is -2.51. The van der Waals surface area contributed by atoms with Gasteiger partial charge in [-0.25, -0.2) is 0 Å². The second kappa shape index (κ2) is 8.09. The molecule has 3 aromatic rings. The zero-order valence-electron chi connectivity index (χ0n) is 18.0. The summed E-state index contributed by atoms with van der Waals surface area (Å²) in [4.78, 5) is 24.7. The monoisotopic (exact) mass is 435 g/mol. The van der Waals surface area contributed by atoms with E-state index in [-0.39, 0.29) is 18.0 Å². The number of amides is 1. The quantitative estimate of drug-likeness (QED) is 0.467. The first kappa shape index (κ1) is 19.5. The van der Waals surface area contributed by atoms with Crippen LogP contribution in [0.2, 0.25) is 0 Å². The minimum atomic E-state index is -0.242. The maximum Gasteiger partial charge on any atom is 0.243 e. The van der Waals surface area contributed by atoms with E-state index in [0.29, 0.717) is 17.8 Å². The van der Waals surface area contributed by atoms with Crippen LogP contribution in [-0.2, 0) is 4.79 Å². The molecule has 10 nitrogen and oxygen atoms in total. The Morgan fingerprint density at radius 2 is 2.09 bits per heavy atom. The highest BCUT2D eigenvalue weighted by Crippen LogP contribution is 2.39. The molecule has 2 saturated heterocycles. The van der Waals surface area contributed by atoms with Gasteiger partial charge in [0.1, 0.15) is 11.7 Å². The fourth-order valence-corrected chi connectivity index (χ4v) is 4.80. The SMILES string of the molecule is O=C(N[C@@H]1CCCNC1)[C@@H]1CCCN1c1nc(Nc2cc(C3CC3)[nH]n2)n2cccc2n1. The Bertz CT molecular complexity index is 1110. The number of aromatic nitrogens is 5. The molecule has 3 aromatic heterocycles. The molecule has 4 N–H and O–H groups in total. The Morgan fingerprint density at radius 3 is 2.94 bits per heavy atom. The molecule has 0 bridgehead atoms. The van der Waals surface area contributed by atoms with Crippen LogP contribution in [0, 0.1) is 0 Å². The summed E-state index contributed by atoms with van der Waals surface area (Å²) >= 11 is 0. The maximum absolute atomic E-state index is 13.1. The van der Waals surface area contributed by atoms with E-state index in [9.17, 15) is 4.79 Å². The number of anilines is 3. The molecule has 0 unspecified atom stereocenters. The molecule has 10 heteroatoms. The molecule has 5 heterocycles. The molecular formula is C22H29N9O. The lowest BCUT2D eigenvalue weighted by Gasteiger charge is -2.28. The van der Waals surface area contributed by atoms with E-state index in [4.69, 9.17) is 9.97 Å². The average Bonchev–Trinajstić information content (AvgIpc) is 3.20. The topological polar surface area (TPSA) is 115 Å². The molecule has 168 valence electrons. The van der Waals surface area contributed by atoms with Gasteiger partial charge in [0, 0.05) is 43.0 Å². The second-order valence-electron chi connectivity index (χ2n) is 9.09. The van der Waals surface area contributed by atoms with E-state index >= 15 is 0 Å². The summed E-state index contributed by atoms with van der Waals surface area (Å²) < 4.78 is 1.91. The van der Waals surface area contributed by atoms with Crippen LogP contribution >= 0.6 is 0 Å². The Balaban J connectivity index is 1.25. The third-order valence-electron chi connectivity index (χ3n) is 6.69. The Kier molecular flexibility index (Phi) is 4.94. The molecule has 2 aliphatic heterocycles. The number of H-pyrrole nitrogens is 1. The van der Waals surface area contributed by atoms with Gasteiger partial charge >= 0.3 is 0 Å². The first-order valence-electron chi connectivity index (χ1n) is 11.7. The largest absolute Gasteiger partial charge is 0.350 e. The number of aromatic amines is 1. The van der Waals surface area contributed by atoms with E-state index in [2.05, 4.69) is 32.2 Å². The lowest BCUT2D eigenvalue weighted by molar-refractivity contribution is -0.123. The zero-order chi connectivity index (χ0) is 21.5. The lowest BCUT2D eigenvalue weighted by atomic mass is 10.1. The maximum atomic E-state index is 13.1. The number of piperidine rings is 1. The van der Waals surface area contributed by atoms with E-state index in [0.717, 1.165) is 56.8 Å². The molecule has 1 saturated carbocycles. The van der Waals surface area contributed by atoms with Gasteiger partial charge in [-0.15, -0.1) is 0 Å². The van der Waals surface area contributed by atoms with E-state index < -0.39 is 0 Å². The summed E-state index contributed by atoms with van der Waals surface area (Å²) in [6.07, 6.45) is 8.25. The molecular weight excluding hydrogens is 406 g/mol. The highest BCUT2D eigenvalue weighted by Gasteiger charge is 2.34. The Morgan fingerprint density at radius 1 is 1.16 bits per heavy atom. The molecule has 1 amide bonds. The summed E-state index contributed by atoms with van der Waals surface area (Å²) in [5.41, 5.74) is 1.96. The Labute approximate surface area is 186 Å². The molecule has 3 aliphatic rings. The van der Waals surface area contributed by atoms with E-state index in [1.165, 1.54) is 18.5 Å². The summed E-state index contributed by atoms with van der Waals surface area (Å²) in [6.45, 7) is 2.64. The van der Waals surface area contributed by atoms with Crippen LogP contribution in [0.25, 0.3) is 5.65 Å². The molecule has 0 radical (unpaired) electrons. The van der Waals surface area contributed by atoms with Crippen molar-refractivity contribution in [2.75, 3.05) is 29.9 Å². The van der Waals surface area contributed by atoms with Gasteiger partial charge in [-0.1, -0.05) is 0 Å². The molecule has 0 aromatic carbocycles. The summed E-state index contributed by atoms with van der Waals surface area (Å²) in [6, 6.07) is 5.91. The van der Waals surface area contributed by atoms with E-state index in [1.54, 1.807) is 0 Å². The van der Waals surface area contributed by atoms with Crippen molar-refractivity contribution >= 4 is 29.3 Å². The zero-order valence-corrected chi connectivity index (χ0v) is 18.0. The van der Waals surface area contributed by atoms with Gasteiger partial charge in [-0.05, 0) is 57.2 Å². The third kappa shape index (κ3) is 3.79. The molecule has 3 fully saturated rings. The predicted molar refractivity (Wildman–Crippen MR) is 121 cm³/mol. The van der Waals surface area contributed by atoms with Crippen LogP contribution in [0.15, 0.2) is 24.4 Å². The van der Waals surface area contributed by atoms with Crippen molar-refractivity contribution in [1.82, 2.24) is 35.2 Å². The van der Waals surface area contributed by atoms with Gasteiger partial charge in [-0.3, -0.25) is 14.3 Å². The van der Waals surface area contributed by atoms with Crippen LogP contribution in [-0.4, -0.2) is 62.2 Å². The Hall–Kier alpha value is -3.14. The number of carbonyl (C=O) groups excluding carboxylic acids is 1. The molecule has 1 aliphatic carbocycles.